The second-order valence-electron chi connectivity index (χ2n) is 6.30. The molecule has 0 aliphatic carbocycles. The Morgan fingerprint density at radius 2 is 1.79 bits per heavy atom. The topological polar surface area (TPSA) is 74.6 Å². The molecule has 0 heterocycles. The number of methoxy groups -OCH3 is 1. The van der Waals surface area contributed by atoms with Crippen LogP contribution >= 0.6 is 0 Å². The lowest BCUT2D eigenvalue weighted by molar-refractivity contribution is 0.293. The third kappa shape index (κ3) is 4.90. The van der Waals surface area contributed by atoms with Crippen molar-refractivity contribution in [3.05, 3.63) is 77.9 Å². The van der Waals surface area contributed by atoms with Crippen molar-refractivity contribution in [3.63, 3.8) is 0 Å². The second-order valence-corrected chi connectivity index (χ2v) is 6.30. The Labute approximate surface area is 165 Å². The zero-order valence-corrected chi connectivity index (χ0v) is 15.8. The lowest BCUT2D eigenvalue weighted by Gasteiger charge is -2.17. The van der Waals surface area contributed by atoms with Crippen LogP contribution in [0.15, 0.2) is 66.7 Å². The first kappa shape index (κ1) is 19.5. The predicted octanol–water partition coefficient (Wildman–Crippen LogP) is 4.23. The van der Waals surface area contributed by atoms with Crippen LogP contribution in [0.5, 0.6) is 17.2 Å². The molecule has 3 aromatic carbocycles. The van der Waals surface area contributed by atoms with Gasteiger partial charge in [0.1, 0.15) is 12.4 Å². The van der Waals surface area contributed by atoms with Gasteiger partial charge in [0.2, 0.25) is 0 Å². The third-order valence-corrected chi connectivity index (χ3v) is 4.34. The fraction of sp³-hybridized carbons (Fsp3) is 0.174. The van der Waals surface area contributed by atoms with E-state index in [1.54, 1.807) is 25.3 Å². The molecule has 0 aliphatic heterocycles. The van der Waals surface area contributed by atoms with E-state index in [-0.39, 0.29) is 5.75 Å². The number of phenolic OH excluding ortho intramolecular Hbond substituents is 1. The van der Waals surface area contributed by atoms with E-state index in [0.717, 1.165) is 22.3 Å². The number of aromatic hydroxyl groups is 1. The summed E-state index contributed by atoms with van der Waals surface area (Å²) in [6.07, 6.45) is 1.30. The van der Waals surface area contributed by atoms with Crippen LogP contribution in [0.25, 0.3) is 11.1 Å². The minimum absolute atomic E-state index is 0.265. The molecule has 3 N–H and O–H groups in total. The summed E-state index contributed by atoms with van der Waals surface area (Å²) in [7, 11) is 1.60. The molecule has 0 bridgehead atoms. The van der Waals surface area contributed by atoms with E-state index >= 15 is 0 Å². The Morgan fingerprint density at radius 1 is 1.04 bits per heavy atom. The molecule has 0 fully saturated rings. The van der Waals surface area contributed by atoms with Gasteiger partial charge in [-0.05, 0) is 41.0 Å². The van der Waals surface area contributed by atoms with E-state index in [4.69, 9.17) is 14.9 Å². The number of nitrogens with one attached hydrogen (secondary N) is 2. The van der Waals surface area contributed by atoms with Crippen LogP contribution in [0.4, 0.5) is 0 Å². The van der Waals surface area contributed by atoms with Crippen molar-refractivity contribution in [1.82, 2.24) is 5.32 Å². The molecular formula is C23H24N2O3. The molecule has 0 spiro atoms. The monoisotopic (exact) mass is 376 g/mol. The largest absolute Gasteiger partial charge is 0.508 e. The number of hydrogen-bond donors (Lipinski definition) is 3. The van der Waals surface area contributed by atoms with Crippen molar-refractivity contribution in [3.8, 4) is 28.4 Å². The maximum atomic E-state index is 9.33. The highest BCUT2D eigenvalue weighted by molar-refractivity contribution is 5.85. The minimum atomic E-state index is 0.265. The Balaban J connectivity index is 1.69. The van der Waals surface area contributed by atoms with Crippen LogP contribution in [-0.2, 0) is 6.54 Å². The van der Waals surface area contributed by atoms with Crippen LogP contribution in [0.3, 0.4) is 0 Å². The summed E-state index contributed by atoms with van der Waals surface area (Å²) in [6.45, 7) is 1.82. The van der Waals surface area contributed by atoms with Gasteiger partial charge < -0.3 is 25.3 Å². The quantitative estimate of drug-likeness (QED) is 0.386. The summed E-state index contributed by atoms with van der Waals surface area (Å²) in [4.78, 5) is 0. The maximum Gasteiger partial charge on any atom is 0.169 e. The van der Waals surface area contributed by atoms with Gasteiger partial charge in [0, 0.05) is 24.9 Å². The molecule has 0 atom stereocenters. The van der Waals surface area contributed by atoms with Gasteiger partial charge in [0.15, 0.2) is 11.5 Å². The lowest BCUT2D eigenvalue weighted by atomic mass is 10.0. The highest BCUT2D eigenvalue weighted by Crippen LogP contribution is 2.39. The predicted molar refractivity (Wildman–Crippen MR) is 112 cm³/mol. The van der Waals surface area contributed by atoms with E-state index < -0.39 is 0 Å². The second kappa shape index (κ2) is 9.58. The summed E-state index contributed by atoms with van der Waals surface area (Å²) >= 11 is 0. The van der Waals surface area contributed by atoms with E-state index in [2.05, 4.69) is 5.32 Å². The van der Waals surface area contributed by atoms with E-state index in [1.807, 2.05) is 48.5 Å². The highest BCUT2D eigenvalue weighted by atomic mass is 16.5. The summed E-state index contributed by atoms with van der Waals surface area (Å²) < 4.78 is 11.6. The molecule has 0 radical (unpaired) electrons. The van der Waals surface area contributed by atoms with Gasteiger partial charge in [0.25, 0.3) is 0 Å². The van der Waals surface area contributed by atoms with Crippen LogP contribution in [0, 0.1) is 5.41 Å². The summed E-state index contributed by atoms with van der Waals surface area (Å²) in [5.74, 6) is 1.55. The first-order chi connectivity index (χ1) is 13.7. The van der Waals surface area contributed by atoms with Crippen molar-refractivity contribution >= 4 is 6.21 Å². The molecule has 0 amide bonds. The standard InChI is InChI=1S/C23H24N2O3/c1-27-22-14-18(15-24)13-21(19-5-3-2-4-6-19)23(22)28-12-11-25-16-17-7-9-20(26)10-8-17/h2-10,13-15,24-26H,11-12,16H2,1H3. The van der Waals surface area contributed by atoms with E-state index in [0.29, 0.717) is 31.2 Å². The molecule has 144 valence electrons. The highest BCUT2D eigenvalue weighted by Gasteiger charge is 2.14. The molecule has 0 aromatic heterocycles. The van der Waals surface area contributed by atoms with Crippen LogP contribution in [-0.4, -0.2) is 31.6 Å². The Hall–Kier alpha value is -3.31. The first-order valence-corrected chi connectivity index (χ1v) is 9.10. The Morgan fingerprint density at radius 3 is 2.46 bits per heavy atom. The number of rotatable bonds is 9. The van der Waals surface area contributed by atoms with Gasteiger partial charge in [-0.3, -0.25) is 0 Å². The van der Waals surface area contributed by atoms with Crippen molar-refractivity contribution in [2.24, 2.45) is 0 Å². The number of hydrogen-bond acceptors (Lipinski definition) is 5. The third-order valence-electron chi connectivity index (χ3n) is 4.34. The molecule has 0 aliphatic rings. The molecule has 5 heteroatoms. The fourth-order valence-corrected chi connectivity index (χ4v) is 2.91. The average Bonchev–Trinajstić information content (AvgIpc) is 2.75. The van der Waals surface area contributed by atoms with Crippen molar-refractivity contribution in [1.29, 1.82) is 5.41 Å². The van der Waals surface area contributed by atoms with Gasteiger partial charge in [-0.15, -0.1) is 0 Å². The van der Waals surface area contributed by atoms with Crippen LogP contribution in [0.2, 0.25) is 0 Å². The lowest BCUT2D eigenvalue weighted by Crippen LogP contribution is -2.20. The Bertz CT molecular complexity index is 909. The summed E-state index contributed by atoms with van der Waals surface area (Å²) in [6, 6.07) is 20.8. The molecule has 0 unspecified atom stereocenters. The summed E-state index contributed by atoms with van der Waals surface area (Å²) in [5.41, 5.74) is 3.76. The Kier molecular flexibility index (Phi) is 6.65. The van der Waals surface area contributed by atoms with E-state index in [1.165, 1.54) is 6.21 Å². The van der Waals surface area contributed by atoms with Crippen LogP contribution < -0.4 is 14.8 Å². The van der Waals surface area contributed by atoms with Crippen LogP contribution in [0.1, 0.15) is 11.1 Å². The molecule has 0 saturated heterocycles. The van der Waals surface area contributed by atoms with Crippen molar-refractivity contribution in [2.45, 2.75) is 6.54 Å². The maximum absolute atomic E-state index is 9.33. The first-order valence-electron chi connectivity index (χ1n) is 9.10. The molecule has 5 nitrogen and oxygen atoms in total. The van der Waals surface area contributed by atoms with Gasteiger partial charge in [0.05, 0.1) is 7.11 Å². The summed E-state index contributed by atoms with van der Waals surface area (Å²) in [5, 5.41) is 20.2. The minimum Gasteiger partial charge on any atom is -0.508 e. The fourth-order valence-electron chi connectivity index (χ4n) is 2.91. The van der Waals surface area contributed by atoms with Crippen molar-refractivity contribution < 1.29 is 14.6 Å². The van der Waals surface area contributed by atoms with Gasteiger partial charge in [-0.2, -0.15) is 0 Å². The number of ether oxygens (including phenoxy) is 2. The molecular weight excluding hydrogens is 352 g/mol. The number of benzene rings is 3. The van der Waals surface area contributed by atoms with Gasteiger partial charge >= 0.3 is 0 Å². The molecule has 0 saturated carbocycles. The van der Waals surface area contributed by atoms with E-state index in [9.17, 15) is 5.11 Å². The normalized spacial score (nSPS) is 10.5. The van der Waals surface area contributed by atoms with Gasteiger partial charge in [-0.25, -0.2) is 0 Å². The SMILES string of the molecule is COc1cc(C=N)cc(-c2ccccc2)c1OCCNCc1ccc(O)cc1. The average molecular weight is 376 g/mol. The van der Waals surface area contributed by atoms with Gasteiger partial charge in [-0.1, -0.05) is 42.5 Å². The molecule has 28 heavy (non-hydrogen) atoms. The zero-order valence-electron chi connectivity index (χ0n) is 15.8. The molecule has 3 aromatic rings. The smallest absolute Gasteiger partial charge is 0.169 e. The molecule has 3 rings (SSSR count). The zero-order chi connectivity index (χ0) is 19.8. The number of phenols is 1. The van der Waals surface area contributed by atoms with Crippen molar-refractivity contribution in [2.75, 3.05) is 20.3 Å².